The normalized spacial score (nSPS) is 15.3. The van der Waals surface area contributed by atoms with Crippen LogP contribution < -0.4 is 15.6 Å². The number of benzene rings is 2. The van der Waals surface area contributed by atoms with Crippen LogP contribution >= 0.6 is 0 Å². The minimum atomic E-state index is -0.347. The van der Waals surface area contributed by atoms with Crippen molar-refractivity contribution in [2.24, 2.45) is 13.0 Å². The Morgan fingerprint density at radius 3 is 2.47 bits per heavy atom. The first-order valence-electron chi connectivity index (χ1n) is 12.9. The smallest absolute Gasteiger partial charge is 0.310 e. The van der Waals surface area contributed by atoms with E-state index in [1.807, 2.05) is 24.3 Å². The number of nitrogens with zero attached hydrogens (tertiary/aromatic N) is 3. The van der Waals surface area contributed by atoms with Gasteiger partial charge in [-0.2, -0.15) is 5.10 Å². The van der Waals surface area contributed by atoms with Crippen molar-refractivity contribution in [3.8, 4) is 11.5 Å². The standard InChI is InChI=1S/C29H34N4O5/c1-5-37-29(36)22-7-6-16-33(18-22)27(34)21-8-12-23(13-9-21)31-26-25(17-30-32(4)28(26)35)38-24-14-10-20(11-15-24)19(2)3/h8-15,17,19,22,31H,5-7,16,18H2,1-4H3. The molecule has 1 N–H and O–H groups in total. The highest BCUT2D eigenvalue weighted by Gasteiger charge is 2.29. The summed E-state index contributed by atoms with van der Waals surface area (Å²) in [5, 5.41) is 7.23. The van der Waals surface area contributed by atoms with Crippen molar-refractivity contribution in [2.75, 3.05) is 25.0 Å². The monoisotopic (exact) mass is 518 g/mol. The predicted molar refractivity (Wildman–Crippen MR) is 145 cm³/mol. The Morgan fingerprint density at radius 2 is 1.82 bits per heavy atom. The van der Waals surface area contributed by atoms with Crippen molar-refractivity contribution < 1.29 is 19.1 Å². The van der Waals surface area contributed by atoms with E-state index in [9.17, 15) is 14.4 Å². The molecule has 0 saturated carbocycles. The van der Waals surface area contributed by atoms with Gasteiger partial charge in [0.05, 0.1) is 18.7 Å². The second-order valence-corrected chi connectivity index (χ2v) is 9.68. The fraction of sp³-hybridized carbons (Fsp3) is 0.379. The molecule has 1 amide bonds. The lowest BCUT2D eigenvalue weighted by molar-refractivity contribution is -0.149. The highest BCUT2D eigenvalue weighted by molar-refractivity contribution is 5.95. The molecule has 1 unspecified atom stereocenters. The number of carbonyl (C=O) groups excluding carboxylic acids is 2. The first-order chi connectivity index (χ1) is 18.3. The third kappa shape index (κ3) is 6.22. The van der Waals surface area contributed by atoms with E-state index in [1.54, 1.807) is 43.1 Å². The molecule has 4 rings (SSSR count). The minimum absolute atomic E-state index is 0.140. The summed E-state index contributed by atoms with van der Waals surface area (Å²) in [7, 11) is 1.57. The lowest BCUT2D eigenvalue weighted by Gasteiger charge is -2.31. The van der Waals surface area contributed by atoms with Gasteiger partial charge in [0.15, 0.2) is 11.4 Å². The maximum Gasteiger partial charge on any atom is 0.310 e. The van der Waals surface area contributed by atoms with Crippen LogP contribution in [0.1, 0.15) is 55.5 Å². The summed E-state index contributed by atoms with van der Waals surface area (Å²) in [6.07, 6.45) is 2.97. The first kappa shape index (κ1) is 26.9. The molecule has 0 bridgehead atoms. The summed E-state index contributed by atoms with van der Waals surface area (Å²) in [4.78, 5) is 39.8. The van der Waals surface area contributed by atoms with Gasteiger partial charge in [-0.05, 0) is 67.6 Å². The molecule has 0 spiro atoms. The highest BCUT2D eigenvalue weighted by atomic mass is 16.5. The Bertz CT molecular complexity index is 1330. The number of hydrogen-bond acceptors (Lipinski definition) is 7. The zero-order chi connectivity index (χ0) is 27.2. The molecule has 200 valence electrons. The van der Waals surface area contributed by atoms with Crippen LogP contribution in [0.5, 0.6) is 11.5 Å². The molecule has 1 aliphatic heterocycles. The number of aryl methyl sites for hydroxylation is 1. The highest BCUT2D eigenvalue weighted by Crippen LogP contribution is 2.29. The lowest BCUT2D eigenvalue weighted by Crippen LogP contribution is -2.42. The molecule has 0 radical (unpaired) electrons. The van der Waals surface area contributed by atoms with Crippen molar-refractivity contribution in [1.82, 2.24) is 14.7 Å². The van der Waals surface area contributed by atoms with Gasteiger partial charge in [-0.1, -0.05) is 26.0 Å². The van der Waals surface area contributed by atoms with Crippen LogP contribution in [0, 0.1) is 5.92 Å². The number of piperidine rings is 1. The SMILES string of the molecule is CCOC(=O)C1CCCN(C(=O)c2ccc(Nc3c(Oc4ccc(C(C)C)cc4)cnn(C)c3=O)cc2)C1. The lowest BCUT2D eigenvalue weighted by atomic mass is 9.97. The average molecular weight is 519 g/mol. The molecule has 1 aromatic heterocycles. The van der Waals surface area contributed by atoms with Crippen molar-refractivity contribution in [3.05, 3.63) is 76.2 Å². The maximum absolute atomic E-state index is 13.1. The molecule has 9 heteroatoms. The van der Waals surface area contributed by atoms with Gasteiger partial charge in [0.2, 0.25) is 0 Å². The molecule has 3 aromatic rings. The van der Waals surface area contributed by atoms with E-state index in [0.29, 0.717) is 48.4 Å². The van der Waals surface area contributed by atoms with Gasteiger partial charge in [0, 0.05) is 31.4 Å². The quantitative estimate of drug-likeness (QED) is 0.425. The van der Waals surface area contributed by atoms with E-state index in [1.165, 1.54) is 16.4 Å². The van der Waals surface area contributed by atoms with Crippen LogP contribution in [0.4, 0.5) is 11.4 Å². The summed E-state index contributed by atoms with van der Waals surface area (Å²) in [6, 6.07) is 14.6. The molecule has 9 nitrogen and oxygen atoms in total. The van der Waals surface area contributed by atoms with Crippen LogP contribution in [0.2, 0.25) is 0 Å². The van der Waals surface area contributed by atoms with Gasteiger partial charge >= 0.3 is 5.97 Å². The van der Waals surface area contributed by atoms with Gasteiger partial charge in [-0.3, -0.25) is 14.4 Å². The first-order valence-corrected chi connectivity index (χ1v) is 12.9. The molecule has 2 aromatic carbocycles. The van der Waals surface area contributed by atoms with Gasteiger partial charge in [-0.15, -0.1) is 0 Å². The molecule has 1 atom stereocenters. The van der Waals surface area contributed by atoms with Gasteiger partial charge in [0.25, 0.3) is 11.5 Å². The fourth-order valence-electron chi connectivity index (χ4n) is 4.40. The number of amides is 1. The van der Waals surface area contributed by atoms with E-state index in [-0.39, 0.29) is 29.0 Å². The second kappa shape index (κ2) is 11.9. The number of rotatable bonds is 8. The summed E-state index contributed by atoms with van der Waals surface area (Å²) in [5.41, 5.74) is 2.20. The number of anilines is 2. The summed E-state index contributed by atoms with van der Waals surface area (Å²) >= 11 is 0. The molecule has 1 saturated heterocycles. The number of aromatic nitrogens is 2. The third-order valence-electron chi connectivity index (χ3n) is 6.61. The molecular weight excluding hydrogens is 484 g/mol. The zero-order valence-corrected chi connectivity index (χ0v) is 22.3. The van der Waals surface area contributed by atoms with Gasteiger partial charge in [-0.25, -0.2) is 4.68 Å². The molecule has 1 fully saturated rings. The minimum Gasteiger partial charge on any atom is -0.466 e. The van der Waals surface area contributed by atoms with Crippen molar-refractivity contribution >= 4 is 23.3 Å². The van der Waals surface area contributed by atoms with Crippen LogP contribution in [-0.4, -0.2) is 46.3 Å². The third-order valence-corrected chi connectivity index (χ3v) is 6.61. The number of likely N-dealkylation sites (tertiary alicyclic amines) is 1. The Balaban J connectivity index is 1.49. The number of hydrogen-bond donors (Lipinski definition) is 1. The zero-order valence-electron chi connectivity index (χ0n) is 22.3. The largest absolute Gasteiger partial charge is 0.466 e. The van der Waals surface area contributed by atoms with Crippen LogP contribution in [0.15, 0.2) is 59.5 Å². The van der Waals surface area contributed by atoms with Crippen molar-refractivity contribution in [2.45, 2.75) is 39.5 Å². The van der Waals surface area contributed by atoms with Crippen molar-refractivity contribution in [1.29, 1.82) is 0 Å². The summed E-state index contributed by atoms with van der Waals surface area (Å²) in [6.45, 7) is 7.29. The molecule has 1 aliphatic rings. The van der Waals surface area contributed by atoms with Crippen molar-refractivity contribution in [3.63, 3.8) is 0 Å². The Labute approximate surface area is 222 Å². The molecule has 0 aliphatic carbocycles. The maximum atomic E-state index is 13.1. The van der Waals surface area contributed by atoms with Crippen LogP contribution in [-0.2, 0) is 16.6 Å². The number of esters is 1. The Kier molecular flexibility index (Phi) is 8.45. The second-order valence-electron chi connectivity index (χ2n) is 9.68. The average Bonchev–Trinajstić information content (AvgIpc) is 2.93. The number of ether oxygens (including phenoxy) is 2. The molecular formula is C29H34N4O5. The van der Waals surface area contributed by atoms with Gasteiger partial charge in [0.1, 0.15) is 5.75 Å². The van der Waals surface area contributed by atoms with Gasteiger partial charge < -0.3 is 19.7 Å². The Hall–Kier alpha value is -4.14. The van der Waals surface area contributed by atoms with E-state index in [4.69, 9.17) is 9.47 Å². The Morgan fingerprint density at radius 1 is 1.11 bits per heavy atom. The topological polar surface area (TPSA) is 103 Å². The molecule has 38 heavy (non-hydrogen) atoms. The van der Waals surface area contributed by atoms with E-state index >= 15 is 0 Å². The van der Waals surface area contributed by atoms with Crippen LogP contribution in [0.25, 0.3) is 0 Å². The molecule has 2 heterocycles. The van der Waals surface area contributed by atoms with Crippen LogP contribution in [0.3, 0.4) is 0 Å². The summed E-state index contributed by atoms with van der Waals surface area (Å²) < 4.78 is 12.4. The van der Waals surface area contributed by atoms with E-state index < -0.39 is 0 Å². The fourth-order valence-corrected chi connectivity index (χ4v) is 4.40. The van der Waals surface area contributed by atoms with E-state index in [0.717, 1.165) is 12.8 Å². The number of carbonyl (C=O) groups is 2. The summed E-state index contributed by atoms with van der Waals surface area (Å²) in [5.74, 6) is 0.601. The predicted octanol–water partition coefficient (Wildman–Crippen LogP) is 4.85. The number of nitrogens with one attached hydrogen (secondary N) is 1. The van der Waals surface area contributed by atoms with E-state index in [2.05, 4.69) is 24.3 Å².